The minimum atomic E-state index is -4.74. The van der Waals surface area contributed by atoms with Crippen molar-refractivity contribution in [3.8, 4) is 16.8 Å². The third-order valence-electron chi connectivity index (χ3n) is 5.24. The smallest absolute Gasteiger partial charge is 0.333 e. The Balaban J connectivity index is 1.91. The lowest BCUT2D eigenvalue weighted by Gasteiger charge is -2.11. The maximum absolute atomic E-state index is 13.3. The van der Waals surface area contributed by atoms with Crippen molar-refractivity contribution < 1.29 is 26.9 Å². The molecule has 0 aliphatic rings. The van der Waals surface area contributed by atoms with E-state index in [1.54, 1.807) is 6.92 Å². The van der Waals surface area contributed by atoms with Gasteiger partial charge in [-0.25, -0.2) is 4.39 Å². The predicted molar refractivity (Wildman–Crippen MR) is 114 cm³/mol. The van der Waals surface area contributed by atoms with Gasteiger partial charge in [-0.15, -0.1) is 11.3 Å². The fourth-order valence-electron chi connectivity index (χ4n) is 3.37. The summed E-state index contributed by atoms with van der Waals surface area (Å²) in [5, 5.41) is 16.4. The van der Waals surface area contributed by atoms with Gasteiger partial charge in [0.2, 0.25) is 5.91 Å². The molecule has 0 saturated carbocycles. The number of carbonyl (C=O) groups excluding carboxylic acids is 1. The van der Waals surface area contributed by atoms with E-state index in [1.165, 1.54) is 0 Å². The average molecular weight is 480 g/mol. The number of amides is 1. The molecule has 0 aliphatic heterocycles. The zero-order chi connectivity index (χ0) is 24.3. The molecule has 11 heteroatoms. The molecule has 0 unspecified atom stereocenters. The second-order valence-corrected chi connectivity index (χ2v) is 8.39. The minimum absolute atomic E-state index is 0.0164. The number of halogens is 4. The molecule has 0 aliphatic carbocycles. The molecule has 1 amide bonds. The van der Waals surface area contributed by atoms with Crippen molar-refractivity contribution in [2.24, 2.45) is 5.92 Å². The van der Waals surface area contributed by atoms with Crippen molar-refractivity contribution in [1.82, 2.24) is 10.1 Å². The van der Waals surface area contributed by atoms with Crippen LogP contribution in [0, 0.1) is 30.0 Å². The van der Waals surface area contributed by atoms with Gasteiger partial charge in [-0.3, -0.25) is 4.79 Å². The van der Waals surface area contributed by atoms with Crippen LogP contribution in [0.15, 0.2) is 22.7 Å². The van der Waals surface area contributed by atoms with Gasteiger partial charge in [0.1, 0.15) is 16.9 Å². The quantitative estimate of drug-likeness (QED) is 0.413. The Bertz CT molecular complexity index is 1210. The second kappa shape index (κ2) is 9.70. The van der Waals surface area contributed by atoms with Gasteiger partial charge in [0.25, 0.3) is 5.89 Å². The van der Waals surface area contributed by atoms with E-state index in [0.717, 1.165) is 23.5 Å². The largest absolute Gasteiger partial charge is 0.416 e. The number of nitrogens with zero attached hydrogens (tertiary/aromatic N) is 3. The Morgan fingerprint density at radius 3 is 2.61 bits per heavy atom. The molecule has 0 fully saturated rings. The lowest BCUT2D eigenvalue weighted by atomic mass is 10.0. The Kier molecular flexibility index (Phi) is 7.17. The van der Waals surface area contributed by atoms with E-state index in [1.807, 2.05) is 13.8 Å². The zero-order valence-corrected chi connectivity index (χ0v) is 18.8. The van der Waals surface area contributed by atoms with Crippen molar-refractivity contribution in [2.75, 3.05) is 5.32 Å². The Labute approximate surface area is 191 Å². The highest BCUT2D eigenvalue weighted by molar-refractivity contribution is 7.20. The fraction of sp³-hybridized carbons (Fsp3) is 0.364. The third-order valence-corrected chi connectivity index (χ3v) is 6.44. The van der Waals surface area contributed by atoms with Crippen molar-refractivity contribution >= 4 is 22.2 Å². The number of rotatable bonds is 7. The number of aromatic nitrogens is 2. The molecule has 1 aromatic carbocycles. The molecule has 3 aromatic rings. The highest BCUT2D eigenvalue weighted by Gasteiger charge is 2.34. The van der Waals surface area contributed by atoms with Crippen molar-refractivity contribution in [3.05, 3.63) is 52.1 Å². The summed E-state index contributed by atoms with van der Waals surface area (Å²) < 4.78 is 58.3. The first kappa shape index (κ1) is 24.4. The van der Waals surface area contributed by atoms with Crippen molar-refractivity contribution in [1.29, 1.82) is 5.26 Å². The van der Waals surface area contributed by atoms with E-state index in [4.69, 9.17) is 4.52 Å². The summed E-state index contributed by atoms with van der Waals surface area (Å²) in [5.41, 5.74) is -0.545. The predicted octanol–water partition coefficient (Wildman–Crippen LogP) is 6.10. The molecular weight excluding hydrogens is 460 g/mol. The van der Waals surface area contributed by atoms with Gasteiger partial charge in [0, 0.05) is 12.3 Å². The molecule has 0 radical (unpaired) electrons. The van der Waals surface area contributed by atoms with Crippen LogP contribution in [0.25, 0.3) is 10.8 Å². The van der Waals surface area contributed by atoms with Gasteiger partial charge in [-0.05, 0) is 43.0 Å². The molecular formula is C22H20F4N4O2S. The summed E-state index contributed by atoms with van der Waals surface area (Å²) in [6, 6.07) is 4.45. The number of carbonyl (C=O) groups is 1. The first-order chi connectivity index (χ1) is 15.6. The molecule has 3 rings (SSSR count). The minimum Gasteiger partial charge on any atom is -0.333 e. The molecule has 33 heavy (non-hydrogen) atoms. The van der Waals surface area contributed by atoms with Gasteiger partial charge in [0.05, 0.1) is 16.0 Å². The number of hydrogen-bond donors (Lipinski definition) is 1. The summed E-state index contributed by atoms with van der Waals surface area (Å²) in [6.07, 6.45) is -3.76. The Hall–Kier alpha value is -3.26. The van der Waals surface area contributed by atoms with Crippen LogP contribution < -0.4 is 5.32 Å². The summed E-state index contributed by atoms with van der Waals surface area (Å²) >= 11 is 1.08. The number of nitriles is 1. The van der Waals surface area contributed by atoms with Gasteiger partial charge >= 0.3 is 6.18 Å². The van der Waals surface area contributed by atoms with Crippen LogP contribution in [0.5, 0.6) is 0 Å². The number of benzene rings is 1. The van der Waals surface area contributed by atoms with Crippen LogP contribution in [0.2, 0.25) is 0 Å². The standard InChI is InChI=1S/C22H20F4N4O2S/c1-4-12(5-2)19(31)29-21-15(10-27)11(3)18(33-21)20-28-17(30-32-20)8-13-6-7-14(23)9-16(13)22(24,25)26/h6-7,9,12H,4-5,8H2,1-3H3,(H,29,31). The van der Waals surface area contributed by atoms with Crippen LogP contribution in [0.4, 0.5) is 22.6 Å². The number of alkyl halides is 3. The molecule has 6 nitrogen and oxygen atoms in total. The van der Waals surface area contributed by atoms with E-state index in [9.17, 15) is 27.6 Å². The summed E-state index contributed by atoms with van der Waals surface area (Å²) in [6.45, 7) is 5.45. The number of anilines is 1. The molecule has 2 aromatic heterocycles. The topological polar surface area (TPSA) is 91.8 Å². The van der Waals surface area contributed by atoms with E-state index in [-0.39, 0.29) is 41.1 Å². The maximum atomic E-state index is 13.3. The van der Waals surface area contributed by atoms with E-state index in [0.29, 0.717) is 34.3 Å². The summed E-state index contributed by atoms with van der Waals surface area (Å²) in [7, 11) is 0. The highest BCUT2D eigenvalue weighted by atomic mass is 32.1. The van der Waals surface area contributed by atoms with E-state index in [2.05, 4.69) is 21.5 Å². The van der Waals surface area contributed by atoms with Crippen LogP contribution in [0.1, 0.15) is 54.8 Å². The van der Waals surface area contributed by atoms with Gasteiger partial charge < -0.3 is 9.84 Å². The second-order valence-electron chi connectivity index (χ2n) is 7.37. The van der Waals surface area contributed by atoms with Crippen LogP contribution in [0.3, 0.4) is 0 Å². The van der Waals surface area contributed by atoms with Crippen molar-refractivity contribution in [2.45, 2.75) is 46.2 Å². The third kappa shape index (κ3) is 5.22. The Morgan fingerprint density at radius 2 is 2.00 bits per heavy atom. The van der Waals surface area contributed by atoms with Crippen molar-refractivity contribution in [3.63, 3.8) is 0 Å². The van der Waals surface area contributed by atoms with E-state index < -0.39 is 17.6 Å². The highest BCUT2D eigenvalue weighted by Crippen LogP contribution is 2.39. The van der Waals surface area contributed by atoms with E-state index >= 15 is 0 Å². The van der Waals surface area contributed by atoms with Crippen LogP contribution >= 0.6 is 11.3 Å². The van der Waals surface area contributed by atoms with Crippen LogP contribution in [-0.2, 0) is 17.4 Å². The molecule has 0 spiro atoms. The fourth-order valence-corrected chi connectivity index (χ4v) is 4.45. The number of hydrogen-bond acceptors (Lipinski definition) is 6. The first-order valence-corrected chi connectivity index (χ1v) is 10.9. The lowest BCUT2D eigenvalue weighted by Crippen LogP contribution is -2.21. The van der Waals surface area contributed by atoms with Gasteiger partial charge in [0.15, 0.2) is 5.82 Å². The molecule has 0 atom stereocenters. The Morgan fingerprint density at radius 1 is 1.30 bits per heavy atom. The molecule has 2 heterocycles. The molecule has 0 saturated heterocycles. The average Bonchev–Trinajstić information content (AvgIpc) is 3.33. The lowest BCUT2D eigenvalue weighted by molar-refractivity contribution is -0.138. The first-order valence-electron chi connectivity index (χ1n) is 10.1. The normalized spacial score (nSPS) is 11.6. The molecule has 174 valence electrons. The summed E-state index contributed by atoms with van der Waals surface area (Å²) in [5.74, 6) is -1.41. The van der Waals surface area contributed by atoms with Crippen LogP contribution in [-0.4, -0.2) is 16.0 Å². The monoisotopic (exact) mass is 480 g/mol. The summed E-state index contributed by atoms with van der Waals surface area (Å²) in [4.78, 5) is 17.1. The molecule has 0 bridgehead atoms. The number of thiophene rings is 1. The van der Waals surface area contributed by atoms with Gasteiger partial charge in [-0.2, -0.15) is 23.4 Å². The zero-order valence-electron chi connectivity index (χ0n) is 18.0. The maximum Gasteiger partial charge on any atom is 0.416 e. The number of nitrogens with one attached hydrogen (secondary N) is 1. The molecule has 1 N–H and O–H groups in total. The SMILES string of the molecule is CCC(CC)C(=O)Nc1sc(-c2nc(Cc3ccc(F)cc3C(F)(F)F)no2)c(C)c1C#N. The van der Waals surface area contributed by atoms with Gasteiger partial charge in [-0.1, -0.05) is 25.1 Å².